The summed E-state index contributed by atoms with van der Waals surface area (Å²) in [6.07, 6.45) is 1.96. The third kappa shape index (κ3) is 4.81. The molecule has 1 aromatic carbocycles. The number of thioether (sulfide) groups is 1. The fourth-order valence-corrected chi connectivity index (χ4v) is 4.51. The van der Waals surface area contributed by atoms with Crippen molar-refractivity contribution < 1.29 is 13.9 Å². The number of aromatic nitrogens is 3. The first-order chi connectivity index (χ1) is 14.1. The molecule has 2 aliphatic rings. The van der Waals surface area contributed by atoms with Crippen LogP contribution in [0.3, 0.4) is 0 Å². The van der Waals surface area contributed by atoms with Crippen molar-refractivity contribution in [3.63, 3.8) is 0 Å². The van der Waals surface area contributed by atoms with Crippen LogP contribution in [-0.4, -0.2) is 70.2 Å². The minimum absolute atomic E-state index is 0.0212. The summed E-state index contributed by atoms with van der Waals surface area (Å²) in [5, 5.41) is 7.04. The molecular formula is C19H24FN5O3S. The number of piperazine rings is 1. The van der Waals surface area contributed by atoms with Gasteiger partial charge in [-0.15, -0.1) is 5.10 Å². The fraction of sp³-hybridized carbons (Fsp3) is 0.526. The zero-order valence-corrected chi connectivity index (χ0v) is 16.9. The lowest BCUT2D eigenvalue weighted by Gasteiger charge is -2.36. The zero-order chi connectivity index (χ0) is 20.2. The number of hydrogen-bond donors (Lipinski definition) is 1. The molecule has 0 radical (unpaired) electrons. The van der Waals surface area contributed by atoms with Gasteiger partial charge in [-0.25, -0.2) is 14.3 Å². The summed E-state index contributed by atoms with van der Waals surface area (Å²) >= 11 is 1.27. The quantitative estimate of drug-likeness (QED) is 0.709. The molecule has 1 N–H and O–H groups in total. The van der Waals surface area contributed by atoms with Crippen LogP contribution in [0.5, 0.6) is 0 Å². The van der Waals surface area contributed by atoms with Crippen molar-refractivity contribution in [2.45, 2.75) is 30.6 Å². The lowest BCUT2D eigenvalue weighted by Crippen LogP contribution is -2.49. The lowest BCUT2D eigenvalue weighted by molar-refractivity contribution is -0.128. The Kier molecular flexibility index (Phi) is 6.19. The Morgan fingerprint density at radius 1 is 1.24 bits per heavy atom. The summed E-state index contributed by atoms with van der Waals surface area (Å²) in [7, 11) is 0. The maximum atomic E-state index is 13.1. The van der Waals surface area contributed by atoms with E-state index < -0.39 is 0 Å². The molecule has 156 valence electrons. The molecule has 10 heteroatoms. The number of carbonyl (C=O) groups excluding carboxylic acids is 1. The highest BCUT2D eigenvalue weighted by Crippen LogP contribution is 2.20. The number of ether oxygens (including phenoxy) is 1. The Morgan fingerprint density at radius 2 is 2.00 bits per heavy atom. The van der Waals surface area contributed by atoms with Gasteiger partial charge in [-0.1, -0.05) is 11.8 Å². The molecule has 0 bridgehead atoms. The molecule has 2 saturated heterocycles. The Labute approximate surface area is 172 Å². The van der Waals surface area contributed by atoms with E-state index in [2.05, 4.69) is 15.1 Å². The molecule has 1 aromatic heterocycles. The van der Waals surface area contributed by atoms with Crippen LogP contribution >= 0.6 is 11.8 Å². The molecule has 2 fully saturated rings. The topological polar surface area (TPSA) is 83.5 Å². The molecule has 1 atom stereocenters. The Morgan fingerprint density at radius 3 is 2.69 bits per heavy atom. The highest BCUT2D eigenvalue weighted by Gasteiger charge is 2.23. The van der Waals surface area contributed by atoms with Gasteiger partial charge in [0.1, 0.15) is 5.82 Å². The summed E-state index contributed by atoms with van der Waals surface area (Å²) in [4.78, 5) is 28.6. The van der Waals surface area contributed by atoms with Gasteiger partial charge in [-0.05, 0) is 37.1 Å². The monoisotopic (exact) mass is 421 g/mol. The second-order valence-electron chi connectivity index (χ2n) is 7.19. The standard InChI is InChI=1S/C19H24FN5O3S/c20-14-3-5-15(6-4-14)23-7-9-24(10-8-23)17(26)13-29-19-22-21-18(27)25(19)12-16-2-1-11-28-16/h3-6,16H,1-2,7-13H2,(H,21,27). The van der Waals surface area contributed by atoms with Gasteiger partial charge in [-0.3, -0.25) is 9.36 Å². The second kappa shape index (κ2) is 9.00. The highest BCUT2D eigenvalue weighted by atomic mass is 32.2. The van der Waals surface area contributed by atoms with Crippen LogP contribution < -0.4 is 10.6 Å². The van der Waals surface area contributed by atoms with Crippen molar-refractivity contribution >= 4 is 23.4 Å². The molecule has 2 aromatic rings. The van der Waals surface area contributed by atoms with Crippen molar-refractivity contribution in [1.29, 1.82) is 0 Å². The molecule has 8 nitrogen and oxygen atoms in total. The van der Waals surface area contributed by atoms with Crippen LogP contribution in [0.25, 0.3) is 0 Å². The molecule has 4 rings (SSSR count). The van der Waals surface area contributed by atoms with Gasteiger partial charge >= 0.3 is 5.69 Å². The smallest absolute Gasteiger partial charge is 0.344 e. The Hall–Kier alpha value is -2.33. The predicted molar refractivity (Wildman–Crippen MR) is 108 cm³/mol. The number of amides is 1. The van der Waals surface area contributed by atoms with Gasteiger partial charge in [-0.2, -0.15) is 0 Å². The van der Waals surface area contributed by atoms with Gasteiger partial charge < -0.3 is 14.5 Å². The maximum Gasteiger partial charge on any atom is 0.344 e. The average Bonchev–Trinajstić information content (AvgIpc) is 3.38. The van der Waals surface area contributed by atoms with Crippen LogP contribution in [0.4, 0.5) is 10.1 Å². The summed E-state index contributed by atoms with van der Waals surface area (Å²) in [5.41, 5.74) is 0.686. The van der Waals surface area contributed by atoms with Crippen LogP contribution in [0.15, 0.2) is 34.2 Å². The summed E-state index contributed by atoms with van der Waals surface area (Å²) < 4.78 is 20.2. The molecule has 0 aliphatic carbocycles. The van der Waals surface area contributed by atoms with E-state index in [1.165, 1.54) is 23.9 Å². The fourth-order valence-electron chi connectivity index (χ4n) is 3.65. The third-order valence-electron chi connectivity index (χ3n) is 5.28. The van der Waals surface area contributed by atoms with Crippen molar-refractivity contribution in [2.75, 3.05) is 43.4 Å². The van der Waals surface area contributed by atoms with E-state index in [1.807, 2.05) is 4.90 Å². The maximum absolute atomic E-state index is 13.1. The highest BCUT2D eigenvalue weighted by molar-refractivity contribution is 7.99. The van der Waals surface area contributed by atoms with Gasteiger partial charge in [0, 0.05) is 38.5 Å². The number of carbonyl (C=O) groups is 1. The van der Waals surface area contributed by atoms with Gasteiger partial charge in [0.05, 0.1) is 18.4 Å². The average molecular weight is 421 g/mol. The number of benzene rings is 1. The van der Waals surface area contributed by atoms with Crippen molar-refractivity contribution in [3.05, 3.63) is 40.6 Å². The van der Waals surface area contributed by atoms with Gasteiger partial charge in [0.25, 0.3) is 0 Å². The van der Waals surface area contributed by atoms with Gasteiger partial charge in [0.2, 0.25) is 5.91 Å². The Balaban J connectivity index is 1.28. The number of nitrogens with zero attached hydrogens (tertiary/aromatic N) is 4. The van der Waals surface area contributed by atoms with E-state index in [0.29, 0.717) is 37.9 Å². The first kappa shape index (κ1) is 20.0. The van der Waals surface area contributed by atoms with Crippen molar-refractivity contribution in [3.8, 4) is 0 Å². The molecule has 0 saturated carbocycles. The molecule has 29 heavy (non-hydrogen) atoms. The number of rotatable bonds is 6. The summed E-state index contributed by atoms with van der Waals surface area (Å²) in [5.74, 6) is -0.00406. The van der Waals surface area contributed by atoms with Crippen molar-refractivity contribution in [2.24, 2.45) is 0 Å². The predicted octanol–water partition coefficient (Wildman–Crippen LogP) is 1.33. The first-order valence-corrected chi connectivity index (χ1v) is 10.8. The summed E-state index contributed by atoms with van der Waals surface area (Å²) in [6, 6.07) is 6.41. The van der Waals surface area contributed by atoms with E-state index in [1.54, 1.807) is 16.7 Å². The molecule has 1 amide bonds. The zero-order valence-electron chi connectivity index (χ0n) is 16.1. The van der Waals surface area contributed by atoms with E-state index in [4.69, 9.17) is 4.74 Å². The van der Waals surface area contributed by atoms with E-state index in [0.717, 1.165) is 25.1 Å². The third-order valence-corrected chi connectivity index (χ3v) is 6.24. The molecule has 3 heterocycles. The number of nitrogens with one attached hydrogen (secondary N) is 1. The van der Waals surface area contributed by atoms with Crippen LogP contribution in [0.1, 0.15) is 12.8 Å². The van der Waals surface area contributed by atoms with Crippen LogP contribution in [-0.2, 0) is 16.1 Å². The van der Waals surface area contributed by atoms with E-state index in [9.17, 15) is 14.0 Å². The number of anilines is 1. The van der Waals surface area contributed by atoms with E-state index in [-0.39, 0.29) is 29.3 Å². The minimum atomic E-state index is -0.275. The molecule has 1 unspecified atom stereocenters. The SMILES string of the molecule is O=C(CSc1n[nH]c(=O)n1CC1CCCO1)N1CCN(c2ccc(F)cc2)CC1. The minimum Gasteiger partial charge on any atom is -0.376 e. The Bertz CT molecular complexity index is 886. The largest absolute Gasteiger partial charge is 0.376 e. The molecular weight excluding hydrogens is 397 g/mol. The van der Waals surface area contributed by atoms with Gasteiger partial charge in [0.15, 0.2) is 5.16 Å². The number of hydrogen-bond acceptors (Lipinski definition) is 6. The van der Waals surface area contributed by atoms with E-state index >= 15 is 0 Å². The normalized spacial score (nSPS) is 19.7. The molecule has 2 aliphatic heterocycles. The molecule has 0 spiro atoms. The van der Waals surface area contributed by atoms with Crippen LogP contribution in [0, 0.1) is 5.82 Å². The summed E-state index contributed by atoms with van der Waals surface area (Å²) in [6.45, 7) is 3.81. The second-order valence-corrected chi connectivity index (χ2v) is 8.13. The number of aromatic amines is 1. The van der Waals surface area contributed by atoms with Crippen LogP contribution in [0.2, 0.25) is 0 Å². The number of H-pyrrole nitrogens is 1. The first-order valence-electron chi connectivity index (χ1n) is 9.78. The van der Waals surface area contributed by atoms with Crippen molar-refractivity contribution in [1.82, 2.24) is 19.7 Å². The lowest BCUT2D eigenvalue weighted by atomic mass is 10.2. The number of halogens is 1.